The second-order valence-electron chi connectivity index (χ2n) is 5.53. The minimum atomic E-state index is 0.0894. The Morgan fingerprint density at radius 2 is 2.20 bits per heavy atom. The zero-order chi connectivity index (χ0) is 14.4. The first-order chi connectivity index (χ1) is 9.72. The molecule has 0 aromatic carbocycles. The average molecular weight is 295 g/mol. The van der Waals surface area contributed by atoms with Crippen molar-refractivity contribution in [3.8, 4) is 0 Å². The largest absolute Gasteiger partial charge is 0.330 e. The third kappa shape index (κ3) is 4.28. The molecule has 0 saturated heterocycles. The van der Waals surface area contributed by atoms with Crippen molar-refractivity contribution in [2.24, 2.45) is 11.7 Å². The maximum Gasteiger partial charge on any atom is 0.226 e. The van der Waals surface area contributed by atoms with Crippen LogP contribution in [0.5, 0.6) is 0 Å². The molecule has 112 valence electrons. The zero-order valence-electron chi connectivity index (χ0n) is 12.3. The molecule has 2 rings (SSSR count). The summed E-state index contributed by atoms with van der Waals surface area (Å²) in [6.07, 6.45) is 8.26. The summed E-state index contributed by atoms with van der Waals surface area (Å²) >= 11 is 1.65. The SMILES string of the molecule is CCC(CCN)CCC(=O)Nc1nc2c(s1)CCCC2. The molecule has 5 heteroatoms. The van der Waals surface area contributed by atoms with Crippen molar-refractivity contribution in [1.82, 2.24) is 4.98 Å². The highest BCUT2D eigenvalue weighted by molar-refractivity contribution is 7.15. The van der Waals surface area contributed by atoms with Crippen LogP contribution in [-0.2, 0) is 17.6 Å². The number of fused-ring (bicyclic) bond motifs is 1. The molecular formula is C15H25N3OS. The Hall–Kier alpha value is -0.940. The minimum Gasteiger partial charge on any atom is -0.330 e. The van der Waals surface area contributed by atoms with E-state index in [-0.39, 0.29) is 5.91 Å². The van der Waals surface area contributed by atoms with E-state index in [0.717, 1.165) is 37.2 Å². The molecule has 20 heavy (non-hydrogen) atoms. The van der Waals surface area contributed by atoms with Crippen LogP contribution < -0.4 is 11.1 Å². The smallest absolute Gasteiger partial charge is 0.226 e. The Balaban J connectivity index is 1.80. The Bertz CT molecular complexity index is 421. The molecule has 3 N–H and O–H groups in total. The van der Waals surface area contributed by atoms with Crippen LogP contribution in [0.4, 0.5) is 5.13 Å². The standard InChI is InChI=1S/C15H25N3OS/c1-2-11(9-10-16)7-8-14(19)18-15-17-12-5-3-4-6-13(12)20-15/h11H,2-10,16H2,1H3,(H,17,18,19). The van der Waals surface area contributed by atoms with Crippen molar-refractivity contribution >= 4 is 22.4 Å². The highest BCUT2D eigenvalue weighted by atomic mass is 32.1. The molecule has 0 spiro atoms. The van der Waals surface area contributed by atoms with Crippen LogP contribution in [0.25, 0.3) is 0 Å². The van der Waals surface area contributed by atoms with Crippen molar-refractivity contribution in [3.05, 3.63) is 10.6 Å². The molecule has 0 radical (unpaired) electrons. The molecular weight excluding hydrogens is 270 g/mol. The first-order valence-electron chi connectivity index (χ1n) is 7.71. The third-order valence-electron chi connectivity index (χ3n) is 4.02. The average Bonchev–Trinajstić information content (AvgIpc) is 2.85. The molecule has 1 aliphatic rings. The van der Waals surface area contributed by atoms with E-state index in [1.165, 1.54) is 23.4 Å². The van der Waals surface area contributed by atoms with Gasteiger partial charge in [-0.1, -0.05) is 13.3 Å². The maximum atomic E-state index is 12.0. The molecule has 1 unspecified atom stereocenters. The van der Waals surface area contributed by atoms with E-state index < -0.39 is 0 Å². The molecule has 1 aromatic heterocycles. The molecule has 4 nitrogen and oxygen atoms in total. The fourth-order valence-electron chi connectivity index (χ4n) is 2.71. The summed E-state index contributed by atoms with van der Waals surface area (Å²) < 4.78 is 0. The van der Waals surface area contributed by atoms with Gasteiger partial charge in [-0.2, -0.15) is 0 Å². The lowest BCUT2D eigenvalue weighted by Gasteiger charge is -2.12. The van der Waals surface area contributed by atoms with Gasteiger partial charge in [0.1, 0.15) is 0 Å². The first kappa shape index (κ1) is 15.4. The van der Waals surface area contributed by atoms with Gasteiger partial charge < -0.3 is 11.1 Å². The minimum absolute atomic E-state index is 0.0894. The van der Waals surface area contributed by atoms with Crippen LogP contribution in [0.1, 0.15) is 56.0 Å². The van der Waals surface area contributed by atoms with Gasteiger partial charge in [0.2, 0.25) is 5.91 Å². The van der Waals surface area contributed by atoms with Gasteiger partial charge in [0.25, 0.3) is 0 Å². The van der Waals surface area contributed by atoms with E-state index in [1.807, 2.05) is 0 Å². The summed E-state index contributed by atoms with van der Waals surface area (Å²) in [6, 6.07) is 0. The molecule has 1 aromatic rings. The van der Waals surface area contributed by atoms with Gasteiger partial charge in [-0.15, -0.1) is 11.3 Å². The Labute approximate surface area is 125 Å². The molecule has 1 aliphatic carbocycles. The monoisotopic (exact) mass is 295 g/mol. The lowest BCUT2D eigenvalue weighted by molar-refractivity contribution is -0.116. The van der Waals surface area contributed by atoms with E-state index in [4.69, 9.17) is 5.73 Å². The number of thiazole rings is 1. The fourth-order valence-corrected chi connectivity index (χ4v) is 3.78. The number of hydrogen-bond donors (Lipinski definition) is 2. The van der Waals surface area contributed by atoms with Gasteiger partial charge in [0.15, 0.2) is 5.13 Å². The van der Waals surface area contributed by atoms with Gasteiger partial charge >= 0.3 is 0 Å². The quantitative estimate of drug-likeness (QED) is 0.812. The highest BCUT2D eigenvalue weighted by Crippen LogP contribution is 2.29. The number of nitrogens with one attached hydrogen (secondary N) is 1. The van der Waals surface area contributed by atoms with E-state index >= 15 is 0 Å². The molecule has 1 amide bonds. The molecule has 0 fully saturated rings. The number of nitrogens with two attached hydrogens (primary N) is 1. The summed E-state index contributed by atoms with van der Waals surface area (Å²) in [5.41, 5.74) is 6.78. The van der Waals surface area contributed by atoms with Crippen LogP contribution in [-0.4, -0.2) is 17.4 Å². The fraction of sp³-hybridized carbons (Fsp3) is 0.733. The molecule has 1 heterocycles. The lowest BCUT2D eigenvalue weighted by Crippen LogP contribution is -2.15. The van der Waals surface area contributed by atoms with Gasteiger partial charge in [0.05, 0.1) is 5.69 Å². The highest BCUT2D eigenvalue weighted by Gasteiger charge is 2.16. The van der Waals surface area contributed by atoms with Crippen LogP contribution >= 0.6 is 11.3 Å². The van der Waals surface area contributed by atoms with Gasteiger partial charge in [-0.25, -0.2) is 4.98 Å². The van der Waals surface area contributed by atoms with Gasteiger partial charge in [-0.05, 0) is 51.0 Å². The van der Waals surface area contributed by atoms with Crippen molar-refractivity contribution in [3.63, 3.8) is 0 Å². The molecule has 0 saturated carbocycles. The van der Waals surface area contributed by atoms with E-state index in [0.29, 0.717) is 18.9 Å². The number of anilines is 1. The van der Waals surface area contributed by atoms with Gasteiger partial charge in [-0.3, -0.25) is 4.79 Å². The van der Waals surface area contributed by atoms with Crippen LogP contribution in [0.15, 0.2) is 0 Å². The number of amides is 1. The summed E-state index contributed by atoms with van der Waals surface area (Å²) in [5.74, 6) is 0.654. The predicted octanol–water partition coefficient (Wildman–Crippen LogP) is 3.12. The number of nitrogens with zero attached hydrogens (tertiary/aromatic N) is 1. The summed E-state index contributed by atoms with van der Waals surface area (Å²) in [6.45, 7) is 2.87. The van der Waals surface area contributed by atoms with Crippen molar-refractivity contribution < 1.29 is 4.79 Å². The van der Waals surface area contributed by atoms with Crippen molar-refractivity contribution in [2.75, 3.05) is 11.9 Å². The maximum absolute atomic E-state index is 12.0. The number of carbonyl (C=O) groups is 1. The molecule has 0 bridgehead atoms. The summed E-state index contributed by atoms with van der Waals surface area (Å²) in [7, 11) is 0. The second kappa shape index (κ2) is 7.74. The van der Waals surface area contributed by atoms with Crippen LogP contribution in [0.3, 0.4) is 0 Å². The Morgan fingerprint density at radius 3 is 2.90 bits per heavy atom. The van der Waals surface area contributed by atoms with E-state index in [9.17, 15) is 4.79 Å². The molecule has 0 aliphatic heterocycles. The number of hydrogen-bond acceptors (Lipinski definition) is 4. The normalized spacial score (nSPS) is 15.7. The number of rotatable bonds is 7. The van der Waals surface area contributed by atoms with Gasteiger partial charge in [0, 0.05) is 11.3 Å². The Morgan fingerprint density at radius 1 is 1.40 bits per heavy atom. The topological polar surface area (TPSA) is 68.0 Å². The van der Waals surface area contributed by atoms with E-state index in [1.54, 1.807) is 11.3 Å². The van der Waals surface area contributed by atoms with Crippen molar-refractivity contribution in [1.29, 1.82) is 0 Å². The first-order valence-corrected chi connectivity index (χ1v) is 8.53. The second-order valence-corrected chi connectivity index (χ2v) is 6.62. The van der Waals surface area contributed by atoms with Crippen LogP contribution in [0, 0.1) is 5.92 Å². The third-order valence-corrected chi connectivity index (χ3v) is 5.10. The number of aromatic nitrogens is 1. The lowest BCUT2D eigenvalue weighted by atomic mass is 9.96. The molecule has 1 atom stereocenters. The van der Waals surface area contributed by atoms with Crippen LogP contribution in [0.2, 0.25) is 0 Å². The summed E-state index contributed by atoms with van der Waals surface area (Å²) in [5, 5.41) is 3.74. The number of aryl methyl sites for hydroxylation is 2. The Kier molecular flexibility index (Phi) is 5.98. The van der Waals surface area contributed by atoms with Crippen molar-refractivity contribution in [2.45, 2.75) is 58.3 Å². The summed E-state index contributed by atoms with van der Waals surface area (Å²) in [4.78, 5) is 17.9. The zero-order valence-corrected chi connectivity index (χ0v) is 13.1. The van der Waals surface area contributed by atoms with E-state index in [2.05, 4.69) is 17.2 Å². The predicted molar refractivity (Wildman–Crippen MR) is 84.1 cm³/mol. The number of carbonyl (C=O) groups excluding carboxylic acids is 1.